The third-order valence-corrected chi connectivity index (χ3v) is 6.39. The van der Waals surface area contributed by atoms with Crippen molar-refractivity contribution in [3.63, 3.8) is 0 Å². The van der Waals surface area contributed by atoms with E-state index < -0.39 is 0 Å². The molecule has 0 spiro atoms. The first kappa shape index (κ1) is 26.6. The van der Waals surface area contributed by atoms with Gasteiger partial charge in [-0.05, 0) is 99.6 Å². The predicted octanol–water partition coefficient (Wildman–Crippen LogP) is 5.11. The molecule has 35 heavy (non-hydrogen) atoms. The van der Waals surface area contributed by atoms with Gasteiger partial charge in [0.05, 0.1) is 0 Å². The Morgan fingerprint density at radius 2 is 1.23 bits per heavy atom. The summed E-state index contributed by atoms with van der Waals surface area (Å²) in [5.74, 6) is 0.133. The number of aryl methyl sites for hydroxylation is 1. The number of nitrogens with one attached hydrogen (secondary N) is 2. The van der Waals surface area contributed by atoms with E-state index in [0.717, 1.165) is 62.1 Å². The number of hydrogen-bond donors (Lipinski definition) is 5. The summed E-state index contributed by atoms with van der Waals surface area (Å²) in [6.45, 7) is 3.94. The second-order valence-electron chi connectivity index (χ2n) is 9.14. The SMILES string of the molecule is Oc1cccc(CCc2c(CCNCCCCCCNCCc3ccccc3)ccc(O)c2O)c1. The lowest BCUT2D eigenvalue weighted by Gasteiger charge is -2.14. The van der Waals surface area contributed by atoms with Gasteiger partial charge in [0.15, 0.2) is 11.5 Å². The van der Waals surface area contributed by atoms with Crippen LogP contribution >= 0.6 is 0 Å². The highest BCUT2D eigenvalue weighted by atomic mass is 16.3. The molecule has 0 aromatic heterocycles. The summed E-state index contributed by atoms with van der Waals surface area (Å²) in [6.07, 6.45) is 8.02. The molecule has 3 rings (SSSR count). The fourth-order valence-electron chi connectivity index (χ4n) is 4.36. The molecule has 3 aromatic carbocycles. The van der Waals surface area contributed by atoms with Crippen molar-refractivity contribution in [2.24, 2.45) is 0 Å². The van der Waals surface area contributed by atoms with Gasteiger partial charge >= 0.3 is 0 Å². The van der Waals surface area contributed by atoms with Crippen LogP contribution in [0.2, 0.25) is 0 Å². The van der Waals surface area contributed by atoms with E-state index in [0.29, 0.717) is 12.8 Å². The van der Waals surface area contributed by atoms with E-state index >= 15 is 0 Å². The van der Waals surface area contributed by atoms with E-state index in [1.807, 2.05) is 18.2 Å². The van der Waals surface area contributed by atoms with Gasteiger partial charge in [-0.2, -0.15) is 0 Å². The third kappa shape index (κ3) is 9.63. The molecule has 0 aliphatic heterocycles. The van der Waals surface area contributed by atoms with Crippen molar-refractivity contribution in [1.29, 1.82) is 0 Å². The molecule has 3 aromatic rings. The maximum absolute atomic E-state index is 10.4. The van der Waals surface area contributed by atoms with E-state index in [4.69, 9.17) is 0 Å². The van der Waals surface area contributed by atoms with Crippen LogP contribution in [0.5, 0.6) is 17.2 Å². The summed E-state index contributed by atoms with van der Waals surface area (Å²) < 4.78 is 0. The Labute approximate surface area is 209 Å². The predicted molar refractivity (Wildman–Crippen MR) is 143 cm³/mol. The van der Waals surface area contributed by atoms with Crippen molar-refractivity contribution in [3.05, 3.63) is 89.0 Å². The van der Waals surface area contributed by atoms with Gasteiger partial charge in [0.1, 0.15) is 5.75 Å². The largest absolute Gasteiger partial charge is 0.508 e. The number of phenolic OH excluding ortho intramolecular Hbond substituents is 3. The van der Waals surface area contributed by atoms with Gasteiger partial charge in [-0.15, -0.1) is 0 Å². The minimum absolute atomic E-state index is 0.0277. The summed E-state index contributed by atoms with van der Waals surface area (Å²) in [6, 6.07) is 21.2. The first-order valence-corrected chi connectivity index (χ1v) is 12.9. The highest BCUT2D eigenvalue weighted by Gasteiger charge is 2.12. The average Bonchev–Trinajstić information content (AvgIpc) is 2.87. The lowest BCUT2D eigenvalue weighted by Crippen LogP contribution is -2.20. The molecule has 0 saturated carbocycles. The molecule has 0 aliphatic rings. The molecule has 0 heterocycles. The van der Waals surface area contributed by atoms with Crippen LogP contribution < -0.4 is 10.6 Å². The highest BCUT2D eigenvalue weighted by Crippen LogP contribution is 2.32. The van der Waals surface area contributed by atoms with E-state index in [-0.39, 0.29) is 17.2 Å². The molecule has 0 amide bonds. The van der Waals surface area contributed by atoms with Crippen molar-refractivity contribution in [2.75, 3.05) is 26.2 Å². The zero-order valence-electron chi connectivity index (χ0n) is 20.7. The molecule has 5 N–H and O–H groups in total. The fraction of sp³-hybridized carbons (Fsp3) is 0.400. The normalized spacial score (nSPS) is 11.1. The molecule has 0 fully saturated rings. The molecule has 0 unspecified atom stereocenters. The topological polar surface area (TPSA) is 84.8 Å². The zero-order chi connectivity index (χ0) is 24.7. The lowest BCUT2D eigenvalue weighted by molar-refractivity contribution is 0.398. The first-order chi connectivity index (χ1) is 17.1. The minimum Gasteiger partial charge on any atom is -0.508 e. The summed E-state index contributed by atoms with van der Waals surface area (Å²) in [7, 11) is 0. The smallest absolute Gasteiger partial charge is 0.160 e. The van der Waals surface area contributed by atoms with Gasteiger partial charge in [-0.3, -0.25) is 0 Å². The molecular formula is C30H40N2O3. The van der Waals surface area contributed by atoms with Crippen LogP contribution in [0, 0.1) is 0 Å². The summed E-state index contributed by atoms with van der Waals surface area (Å²) in [4.78, 5) is 0. The second-order valence-corrected chi connectivity index (χ2v) is 9.14. The molecule has 188 valence electrons. The quantitative estimate of drug-likeness (QED) is 0.146. The monoisotopic (exact) mass is 476 g/mol. The van der Waals surface area contributed by atoms with Crippen LogP contribution in [0.1, 0.15) is 47.9 Å². The van der Waals surface area contributed by atoms with Crippen LogP contribution in [0.4, 0.5) is 0 Å². The molecule has 0 atom stereocenters. The Morgan fingerprint density at radius 3 is 1.94 bits per heavy atom. The Balaban J connectivity index is 1.27. The van der Waals surface area contributed by atoms with Gasteiger partial charge in [0, 0.05) is 5.56 Å². The van der Waals surface area contributed by atoms with E-state index in [9.17, 15) is 15.3 Å². The average molecular weight is 477 g/mol. The van der Waals surface area contributed by atoms with Crippen LogP contribution in [-0.2, 0) is 25.7 Å². The van der Waals surface area contributed by atoms with Crippen molar-refractivity contribution in [3.8, 4) is 17.2 Å². The van der Waals surface area contributed by atoms with Crippen molar-refractivity contribution in [2.45, 2.75) is 51.4 Å². The second kappa shape index (κ2) is 15.1. The number of rotatable bonds is 16. The third-order valence-electron chi connectivity index (χ3n) is 6.39. The minimum atomic E-state index is -0.0813. The van der Waals surface area contributed by atoms with Gasteiger partial charge in [0.2, 0.25) is 0 Å². The van der Waals surface area contributed by atoms with E-state index in [1.54, 1.807) is 18.2 Å². The number of hydrogen-bond acceptors (Lipinski definition) is 5. The van der Waals surface area contributed by atoms with Crippen LogP contribution in [0.25, 0.3) is 0 Å². The van der Waals surface area contributed by atoms with Crippen molar-refractivity contribution >= 4 is 0 Å². The zero-order valence-corrected chi connectivity index (χ0v) is 20.7. The van der Waals surface area contributed by atoms with Crippen molar-refractivity contribution < 1.29 is 15.3 Å². The fourth-order valence-corrected chi connectivity index (χ4v) is 4.36. The van der Waals surface area contributed by atoms with Crippen LogP contribution in [0.3, 0.4) is 0 Å². The van der Waals surface area contributed by atoms with Gasteiger partial charge in [-0.1, -0.05) is 61.4 Å². The number of unbranched alkanes of at least 4 members (excludes halogenated alkanes) is 3. The molecular weight excluding hydrogens is 436 g/mol. The maximum Gasteiger partial charge on any atom is 0.160 e. The molecule has 0 saturated heterocycles. The van der Waals surface area contributed by atoms with Gasteiger partial charge in [0.25, 0.3) is 0 Å². The molecule has 0 aliphatic carbocycles. The maximum atomic E-state index is 10.4. The highest BCUT2D eigenvalue weighted by molar-refractivity contribution is 5.49. The summed E-state index contributed by atoms with van der Waals surface area (Å²) >= 11 is 0. The van der Waals surface area contributed by atoms with Crippen LogP contribution in [0.15, 0.2) is 66.7 Å². The standard InChI is InChI=1S/C30H40N2O3/c33-27-12-8-11-25(23-27)13-15-28-26(14-16-29(34)30(28)35)18-22-32-20-7-2-1-6-19-31-21-17-24-9-4-3-5-10-24/h3-5,8-12,14,16,23,31-35H,1-2,6-7,13,15,17-22H2. The number of aromatic hydroxyl groups is 3. The lowest BCUT2D eigenvalue weighted by atomic mass is 9.96. The van der Waals surface area contributed by atoms with E-state index in [2.05, 4.69) is 41.0 Å². The summed E-state index contributed by atoms with van der Waals surface area (Å²) in [5.41, 5.74) is 4.23. The Morgan fingerprint density at radius 1 is 0.543 bits per heavy atom. The van der Waals surface area contributed by atoms with E-state index in [1.165, 1.54) is 24.8 Å². The molecule has 5 nitrogen and oxygen atoms in total. The Kier molecular flexibility index (Phi) is 11.4. The Hall–Kier alpha value is -3.02. The molecule has 0 radical (unpaired) electrons. The first-order valence-electron chi connectivity index (χ1n) is 12.9. The summed E-state index contributed by atoms with van der Waals surface area (Å²) in [5, 5.41) is 37.1. The van der Waals surface area contributed by atoms with Gasteiger partial charge in [-0.25, -0.2) is 0 Å². The van der Waals surface area contributed by atoms with Crippen LogP contribution in [-0.4, -0.2) is 41.5 Å². The number of phenols is 3. The molecule has 0 bridgehead atoms. The number of benzene rings is 3. The Bertz CT molecular complexity index is 1010. The molecule has 5 heteroatoms. The van der Waals surface area contributed by atoms with Crippen molar-refractivity contribution in [1.82, 2.24) is 10.6 Å². The van der Waals surface area contributed by atoms with Gasteiger partial charge < -0.3 is 26.0 Å².